The molecule has 0 radical (unpaired) electrons. The zero-order valence-corrected chi connectivity index (χ0v) is 22.1. The average molecular weight is 598 g/mol. The minimum absolute atomic E-state index is 0.0123. The summed E-state index contributed by atoms with van der Waals surface area (Å²) in [4.78, 5) is 0. The highest BCUT2D eigenvalue weighted by Crippen LogP contribution is 2.44. The highest BCUT2D eigenvalue weighted by molar-refractivity contribution is 7.86. The lowest BCUT2D eigenvalue weighted by Gasteiger charge is -2.54. The second-order valence-corrected chi connectivity index (χ2v) is 12.4. The number of benzene rings is 2. The standard InChI is InChI=1S/C23H27F3N2O9S2/c24-23(25,26)37-18-5-3-4-16(10-18)12-35-21-13-36-20-7-2-1-6-19(20)22(21)28(15-39(32,33)34)9-8-27-11-17(28)14-38(29,30)31/h1-7,10,17,21-22,27H,8-9,11-15H2,(H-,29,30,31,32,33,34)/p+1/t17-,21?,22?,28-/m0/s1. The van der Waals surface area contributed by atoms with E-state index in [1.807, 2.05) is 0 Å². The van der Waals surface area contributed by atoms with Gasteiger partial charge in [0.25, 0.3) is 10.1 Å². The van der Waals surface area contributed by atoms with Gasteiger partial charge in [0.2, 0.25) is 5.88 Å². The van der Waals surface area contributed by atoms with Crippen molar-refractivity contribution in [2.75, 3.05) is 37.9 Å². The predicted octanol–water partition coefficient (Wildman–Crippen LogP) is 2.13. The molecule has 2 unspecified atom stereocenters. The molecule has 2 heterocycles. The Hall–Kier alpha value is -2.47. The number of hydrogen-bond acceptors (Lipinski definition) is 8. The van der Waals surface area contributed by atoms with E-state index in [1.54, 1.807) is 24.3 Å². The number of rotatable bonds is 9. The van der Waals surface area contributed by atoms with Crippen molar-refractivity contribution in [2.24, 2.45) is 0 Å². The fourth-order valence-corrected chi connectivity index (χ4v) is 7.40. The van der Waals surface area contributed by atoms with Crippen LogP contribution in [0.15, 0.2) is 48.5 Å². The van der Waals surface area contributed by atoms with Crippen LogP contribution in [-0.4, -0.2) is 86.8 Å². The van der Waals surface area contributed by atoms with Crippen molar-refractivity contribution >= 4 is 20.2 Å². The fourth-order valence-electron chi connectivity index (χ4n) is 5.39. The van der Waals surface area contributed by atoms with Crippen molar-refractivity contribution in [3.05, 3.63) is 59.7 Å². The number of hydrogen-bond donors (Lipinski definition) is 3. The highest BCUT2D eigenvalue weighted by Gasteiger charge is 2.55. The van der Waals surface area contributed by atoms with Gasteiger partial charge < -0.3 is 19.5 Å². The number of halogens is 3. The molecule has 3 N–H and O–H groups in total. The largest absolute Gasteiger partial charge is 0.573 e. The van der Waals surface area contributed by atoms with Gasteiger partial charge in [-0.05, 0) is 29.8 Å². The van der Waals surface area contributed by atoms with Crippen LogP contribution in [0.1, 0.15) is 17.2 Å². The minimum Gasteiger partial charge on any atom is -0.490 e. The van der Waals surface area contributed by atoms with Crippen molar-refractivity contribution in [1.29, 1.82) is 0 Å². The van der Waals surface area contributed by atoms with E-state index in [0.29, 0.717) is 16.9 Å². The molecule has 4 rings (SSSR count). The van der Waals surface area contributed by atoms with Crippen LogP contribution < -0.4 is 14.8 Å². The molecular weight excluding hydrogens is 569 g/mol. The summed E-state index contributed by atoms with van der Waals surface area (Å²) in [6.45, 7) is 0.0133. The lowest BCUT2D eigenvalue weighted by Crippen LogP contribution is -2.71. The van der Waals surface area contributed by atoms with Crippen LogP contribution in [0, 0.1) is 0 Å². The normalized spacial score (nSPS) is 25.9. The summed E-state index contributed by atoms with van der Waals surface area (Å²) in [5, 5.41) is 3.01. The van der Waals surface area contributed by atoms with Crippen molar-refractivity contribution < 1.29 is 57.8 Å². The first kappa shape index (κ1) is 29.5. The monoisotopic (exact) mass is 597 g/mol. The molecule has 16 heteroatoms. The Kier molecular flexibility index (Phi) is 8.47. The molecule has 0 aromatic heterocycles. The maximum absolute atomic E-state index is 12.7. The highest BCUT2D eigenvalue weighted by atomic mass is 32.2. The van der Waals surface area contributed by atoms with E-state index in [9.17, 15) is 39.1 Å². The Balaban J connectivity index is 1.74. The quantitative estimate of drug-likeness (QED) is 0.290. The van der Waals surface area contributed by atoms with E-state index in [4.69, 9.17) is 9.47 Å². The van der Waals surface area contributed by atoms with E-state index >= 15 is 0 Å². The third-order valence-electron chi connectivity index (χ3n) is 6.76. The fraction of sp³-hybridized carbons (Fsp3) is 0.478. The van der Waals surface area contributed by atoms with Crippen LogP contribution in [-0.2, 0) is 31.6 Å². The topological polar surface area (TPSA) is 148 Å². The minimum atomic E-state index is -4.89. The molecule has 2 aromatic carbocycles. The zero-order valence-electron chi connectivity index (χ0n) is 20.5. The summed E-state index contributed by atoms with van der Waals surface area (Å²) in [5.41, 5.74) is 0.819. The second-order valence-electron chi connectivity index (χ2n) is 9.48. The van der Waals surface area contributed by atoms with Gasteiger partial charge in [-0.3, -0.25) is 13.6 Å². The lowest BCUT2D eigenvalue weighted by atomic mass is 9.91. The maximum atomic E-state index is 12.7. The molecule has 2 aromatic rings. The molecule has 11 nitrogen and oxygen atoms in total. The third kappa shape index (κ3) is 7.59. The van der Waals surface area contributed by atoms with Gasteiger partial charge in [0, 0.05) is 13.1 Å². The molecular formula is C23H28F3N2O9S2+. The summed E-state index contributed by atoms with van der Waals surface area (Å²) in [7, 11) is -9.26. The first-order valence-electron chi connectivity index (χ1n) is 11.8. The number of nitrogens with zero attached hydrogens (tertiary/aromatic N) is 1. The third-order valence-corrected chi connectivity index (χ3v) is 8.37. The number of quaternary nitrogens is 1. The SMILES string of the molecule is O=S(=O)(O)C[C@@H]1CNCC[N@@+]1(CS(=O)(=O)O)C1c2ccccc2OCC1OCc1cccc(OC(F)(F)F)c1. The summed E-state index contributed by atoms with van der Waals surface area (Å²) < 4.78 is 122. The average Bonchev–Trinajstić information content (AvgIpc) is 2.81. The molecule has 0 aliphatic carbocycles. The van der Waals surface area contributed by atoms with E-state index in [-0.39, 0.29) is 32.8 Å². The molecule has 0 amide bonds. The Labute approximate surface area is 223 Å². The van der Waals surface area contributed by atoms with Gasteiger partial charge in [-0.25, -0.2) is 0 Å². The van der Waals surface area contributed by atoms with Crippen molar-refractivity contribution in [2.45, 2.75) is 31.2 Å². The molecule has 2 aliphatic heterocycles. The number of fused-ring (bicyclic) bond motifs is 1. The molecule has 2 aliphatic rings. The Morgan fingerprint density at radius 3 is 2.49 bits per heavy atom. The molecule has 216 valence electrons. The number of alkyl halides is 3. The van der Waals surface area contributed by atoms with E-state index < -0.39 is 66.6 Å². The van der Waals surface area contributed by atoms with Crippen molar-refractivity contribution in [1.82, 2.24) is 5.32 Å². The smallest absolute Gasteiger partial charge is 0.490 e. The van der Waals surface area contributed by atoms with Crippen molar-refractivity contribution in [3.63, 3.8) is 0 Å². The van der Waals surface area contributed by atoms with Crippen LogP contribution >= 0.6 is 0 Å². The predicted molar refractivity (Wildman–Crippen MR) is 131 cm³/mol. The molecule has 0 saturated carbocycles. The number of ether oxygens (including phenoxy) is 3. The molecule has 1 fully saturated rings. The number of piperazine rings is 1. The van der Waals surface area contributed by atoms with Gasteiger partial charge in [0.15, 0.2) is 0 Å². The Morgan fingerprint density at radius 2 is 1.79 bits per heavy atom. The van der Waals surface area contributed by atoms with E-state index in [0.717, 1.165) is 12.1 Å². The van der Waals surface area contributed by atoms with Crippen LogP contribution in [0.4, 0.5) is 13.2 Å². The van der Waals surface area contributed by atoms with Gasteiger partial charge in [0.05, 0.1) is 18.7 Å². The molecule has 4 atom stereocenters. The van der Waals surface area contributed by atoms with Crippen molar-refractivity contribution in [3.8, 4) is 11.5 Å². The van der Waals surface area contributed by atoms with Crippen LogP contribution in [0.25, 0.3) is 0 Å². The maximum Gasteiger partial charge on any atom is 0.573 e. The second kappa shape index (κ2) is 11.2. The van der Waals surface area contributed by atoms with Gasteiger partial charge in [0.1, 0.15) is 42.0 Å². The first-order valence-corrected chi connectivity index (χ1v) is 15.0. The lowest BCUT2D eigenvalue weighted by molar-refractivity contribution is -0.972. The molecule has 39 heavy (non-hydrogen) atoms. The van der Waals surface area contributed by atoms with Gasteiger partial charge >= 0.3 is 16.5 Å². The van der Waals surface area contributed by atoms with E-state index in [2.05, 4.69) is 10.1 Å². The number of para-hydroxylation sites is 1. The van der Waals surface area contributed by atoms with Crippen LogP contribution in [0.2, 0.25) is 0 Å². The zero-order chi connectivity index (χ0) is 28.5. The van der Waals surface area contributed by atoms with E-state index in [1.165, 1.54) is 12.1 Å². The van der Waals surface area contributed by atoms with Crippen LogP contribution in [0.3, 0.4) is 0 Å². The molecule has 1 saturated heterocycles. The summed E-state index contributed by atoms with van der Waals surface area (Å²) in [6.07, 6.45) is -5.81. The van der Waals surface area contributed by atoms with Crippen LogP contribution in [0.5, 0.6) is 11.5 Å². The first-order chi connectivity index (χ1) is 18.2. The Morgan fingerprint density at radius 1 is 1.05 bits per heavy atom. The molecule has 0 spiro atoms. The van der Waals surface area contributed by atoms with Gasteiger partial charge in [-0.15, -0.1) is 13.2 Å². The summed E-state index contributed by atoms with van der Waals surface area (Å²) in [6, 6.07) is 9.95. The molecule has 0 bridgehead atoms. The number of nitrogens with one attached hydrogen (secondary N) is 1. The van der Waals surface area contributed by atoms with Gasteiger partial charge in [-0.1, -0.05) is 24.3 Å². The Bertz CT molecular complexity index is 1390. The van der Waals surface area contributed by atoms with Gasteiger partial charge in [-0.2, -0.15) is 16.8 Å². The summed E-state index contributed by atoms with van der Waals surface area (Å²) in [5.74, 6) is -1.71. The summed E-state index contributed by atoms with van der Waals surface area (Å²) >= 11 is 0.